The summed E-state index contributed by atoms with van der Waals surface area (Å²) in [5.74, 6) is -0.282. The van der Waals surface area contributed by atoms with Gasteiger partial charge in [0.1, 0.15) is 11.4 Å². The highest BCUT2D eigenvalue weighted by atomic mass is 16.5. The monoisotopic (exact) mass is 206 g/mol. The minimum Gasteiger partial charge on any atom is -0.465 e. The molecular formula is C9H10N4O2. The van der Waals surface area contributed by atoms with Crippen molar-refractivity contribution in [1.82, 2.24) is 14.6 Å². The molecule has 0 fully saturated rings. The maximum Gasteiger partial charge on any atom is 0.343 e. The number of esters is 1. The lowest BCUT2D eigenvalue weighted by Gasteiger charge is -2.04. The van der Waals surface area contributed by atoms with Gasteiger partial charge in [0.2, 0.25) is 0 Å². The Labute approximate surface area is 85.7 Å². The number of methoxy groups -OCH3 is 1. The largest absolute Gasteiger partial charge is 0.465 e. The number of nitrogen functional groups attached to an aromatic ring is 1. The summed E-state index contributed by atoms with van der Waals surface area (Å²) in [7, 11) is 1.29. The minimum absolute atomic E-state index is 0.216. The van der Waals surface area contributed by atoms with E-state index >= 15 is 0 Å². The van der Waals surface area contributed by atoms with Gasteiger partial charge in [-0.2, -0.15) is 9.61 Å². The first-order chi connectivity index (χ1) is 7.13. The van der Waals surface area contributed by atoms with Crippen LogP contribution in [-0.2, 0) is 4.74 Å². The van der Waals surface area contributed by atoms with Crippen molar-refractivity contribution in [2.75, 3.05) is 12.8 Å². The van der Waals surface area contributed by atoms with Crippen LogP contribution >= 0.6 is 0 Å². The lowest BCUT2D eigenvalue weighted by atomic mass is 10.3. The minimum atomic E-state index is -0.518. The number of hydrogen-bond donors (Lipinski definition) is 1. The normalized spacial score (nSPS) is 10.5. The first-order valence-corrected chi connectivity index (χ1v) is 4.32. The Bertz CT molecular complexity index is 532. The van der Waals surface area contributed by atoms with Gasteiger partial charge in [-0.3, -0.25) is 0 Å². The van der Waals surface area contributed by atoms with Crippen LogP contribution in [0.1, 0.15) is 16.1 Å². The van der Waals surface area contributed by atoms with Gasteiger partial charge in [0.15, 0.2) is 5.65 Å². The fourth-order valence-electron chi connectivity index (χ4n) is 1.33. The number of ether oxygens (including phenoxy) is 1. The fourth-order valence-corrected chi connectivity index (χ4v) is 1.33. The molecule has 0 spiro atoms. The molecule has 0 amide bonds. The van der Waals surface area contributed by atoms with Gasteiger partial charge in [-0.15, -0.1) is 0 Å². The number of hydrogen-bond acceptors (Lipinski definition) is 5. The van der Waals surface area contributed by atoms with Gasteiger partial charge >= 0.3 is 5.97 Å². The van der Waals surface area contributed by atoms with Crippen LogP contribution in [0.2, 0.25) is 0 Å². The molecule has 15 heavy (non-hydrogen) atoms. The Morgan fingerprint density at radius 1 is 1.60 bits per heavy atom. The number of rotatable bonds is 1. The highest BCUT2D eigenvalue weighted by Crippen LogP contribution is 2.14. The number of nitrogens with two attached hydrogens (primary N) is 1. The van der Waals surface area contributed by atoms with Gasteiger partial charge in [-0.05, 0) is 6.92 Å². The van der Waals surface area contributed by atoms with Gasteiger partial charge < -0.3 is 10.5 Å². The van der Waals surface area contributed by atoms with Crippen molar-refractivity contribution < 1.29 is 9.53 Å². The highest BCUT2D eigenvalue weighted by molar-refractivity contribution is 5.94. The summed E-state index contributed by atoms with van der Waals surface area (Å²) < 4.78 is 5.99. The zero-order valence-corrected chi connectivity index (χ0v) is 8.39. The van der Waals surface area contributed by atoms with Crippen LogP contribution in [0.25, 0.3) is 5.65 Å². The zero-order valence-electron chi connectivity index (χ0n) is 8.39. The molecule has 0 atom stereocenters. The second-order valence-corrected chi connectivity index (χ2v) is 3.10. The molecule has 6 heteroatoms. The Kier molecular flexibility index (Phi) is 2.03. The van der Waals surface area contributed by atoms with Crippen molar-refractivity contribution in [2.45, 2.75) is 6.92 Å². The van der Waals surface area contributed by atoms with Crippen LogP contribution in [0.4, 0.5) is 5.82 Å². The van der Waals surface area contributed by atoms with E-state index in [9.17, 15) is 4.79 Å². The SMILES string of the molecule is COC(=O)c1cnc2cc(C)nn2c1N. The van der Waals surface area contributed by atoms with Crippen molar-refractivity contribution in [3.05, 3.63) is 23.5 Å². The molecule has 0 aliphatic rings. The number of carbonyl (C=O) groups is 1. The Morgan fingerprint density at radius 2 is 2.33 bits per heavy atom. The van der Waals surface area contributed by atoms with Crippen LogP contribution in [0.5, 0.6) is 0 Å². The van der Waals surface area contributed by atoms with Crippen LogP contribution < -0.4 is 5.73 Å². The van der Waals surface area contributed by atoms with E-state index in [0.29, 0.717) is 5.65 Å². The first kappa shape index (κ1) is 9.45. The molecule has 0 saturated heterocycles. The molecule has 0 radical (unpaired) electrons. The average molecular weight is 206 g/mol. The lowest BCUT2D eigenvalue weighted by Crippen LogP contribution is -2.11. The van der Waals surface area contributed by atoms with Crippen molar-refractivity contribution >= 4 is 17.4 Å². The zero-order chi connectivity index (χ0) is 11.0. The summed E-state index contributed by atoms with van der Waals surface area (Å²) in [6.45, 7) is 1.83. The summed E-state index contributed by atoms with van der Waals surface area (Å²) in [6, 6.07) is 1.78. The summed E-state index contributed by atoms with van der Waals surface area (Å²) >= 11 is 0. The average Bonchev–Trinajstić information content (AvgIpc) is 2.59. The highest BCUT2D eigenvalue weighted by Gasteiger charge is 2.14. The number of nitrogens with zero attached hydrogens (tertiary/aromatic N) is 3. The van der Waals surface area contributed by atoms with Crippen molar-refractivity contribution in [1.29, 1.82) is 0 Å². The van der Waals surface area contributed by atoms with E-state index < -0.39 is 5.97 Å². The number of aryl methyl sites for hydroxylation is 1. The standard InChI is InChI=1S/C9H10N4O2/c1-5-3-7-11-4-6(9(14)15-2)8(10)13(7)12-5/h3-4H,10H2,1-2H3. The molecule has 0 aliphatic heterocycles. The first-order valence-electron chi connectivity index (χ1n) is 4.32. The smallest absolute Gasteiger partial charge is 0.343 e. The fraction of sp³-hybridized carbons (Fsp3) is 0.222. The van der Waals surface area contributed by atoms with Crippen molar-refractivity contribution in [3.63, 3.8) is 0 Å². The molecule has 6 nitrogen and oxygen atoms in total. The molecule has 0 aromatic carbocycles. The quantitative estimate of drug-likeness (QED) is 0.683. The van der Waals surface area contributed by atoms with E-state index in [0.717, 1.165) is 5.69 Å². The second-order valence-electron chi connectivity index (χ2n) is 3.10. The van der Waals surface area contributed by atoms with E-state index in [1.807, 2.05) is 6.92 Å². The number of fused-ring (bicyclic) bond motifs is 1. The lowest BCUT2D eigenvalue weighted by molar-refractivity contribution is 0.0601. The number of carbonyl (C=O) groups excluding carboxylic acids is 1. The molecular weight excluding hydrogens is 196 g/mol. The summed E-state index contributed by atoms with van der Waals surface area (Å²) in [5.41, 5.74) is 7.38. The van der Waals surface area contributed by atoms with Gasteiger partial charge in [-0.1, -0.05) is 0 Å². The van der Waals surface area contributed by atoms with Gasteiger partial charge in [0.05, 0.1) is 12.8 Å². The van der Waals surface area contributed by atoms with Crippen LogP contribution in [0, 0.1) is 6.92 Å². The third kappa shape index (κ3) is 1.39. The molecule has 2 heterocycles. The van der Waals surface area contributed by atoms with E-state index in [1.54, 1.807) is 6.07 Å². The topological polar surface area (TPSA) is 82.5 Å². The number of anilines is 1. The molecule has 2 aromatic heterocycles. The Morgan fingerprint density at radius 3 is 3.00 bits per heavy atom. The van der Waals surface area contributed by atoms with Crippen molar-refractivity contribution in [2.24, 2.45) is 0 Å². The molecule has 2 aromatic rings. The summed E-state index contributed by atoms with van der Waals surface area (Å²) in [6.07, 6.45) is 1.39. The molecule has 0 saturated carbocycles. The van der Waals surface area contributed by atoms with Gasteiger partial charge in [-0.25, -0.2) is 9.78 Å². The Balaban J connectivity index is 2.69. The summed E-state index contributed by atoms with van der Waals surface area (Å²) in [4.78, 5) is 15.4. The molecule has 2 N–H and O–H groups in total. The van der Waals surface area contributed by atoms with Crippen LogP contribution in [0.15, 0.2) is 12.3 Å². The molecule has 0 aliphatic carbocycles. The molecule has 2 rings (SSSR count). The third-order valence-corrected chi connectivity index (χ3v) is 2.05. The van der Waals surface area contributed by atoms with E-state index in [-0.39, 0.29) is 11.4 Å². The maximum absolute atomic E-state index is 11.3. The van der Waals surface area contributed by atoms with E-state index in [1.165, 1.54) is 17.8 Å². The van der Waals surface area contributed by atoms with E-state index in [2.05, 4.69) is 14.8 Å². The molecule has 78 valence electrons. The van der Waals surface area contributed by atoms with Crippen LogP contribution in [0.3, 0.4) is 0 Å². The van der Waals surface area contributed by atoms with Gasteiger partial charge in [0.25, 0.3) is 0 Å². The van der Waals surface area contributed by atoms with Crippen molar-refractivity contribution in [3.8, 4) is 0 Å². The van der Waals surface area contributed by atoms with E-state index in [4.69, 9.17) is 5.73 Å². The Hall–Kier alpha value is -2.11. The summed E-state index contributed by atoms with van der Waals surface area (Å²) in [5, 5.41) is 4.11. The van der Waals surface area contributed by atoms with Crippen LogP contribution in [-0.4, -0.2) is 27.7 Å². The molecule has 0 bridgehead atoms. The second kappa shape index (κ2) is 3.23. The third-order valence-electron chi connectivity index (χ3n) is 2.05. The maximum atomic E-state index is 11.3. The molecule has 0 unspecified atom stereocenters. The number of aromatic nitrogens is 3. The van der Waals surface area contributed by atoms with Gasteiger partial charge in [0, 0.05) is 12.3 Å². The predicted octanol–water partition coefficient (Wildman–Crippen LogP) is 0.407. The predicted molar refractivity (Wildman–Crippen MR) is 53.5 cm³/mol.